The van der Waals surface area contributed by atoms with Crippen LogP contribution in [-0.2, 0) is 11.3 Å². The van der Waals surface area contributed by atoms with Crippen LogP contribution in [-0.4, -0.2) is 45.0 Å². The van der Waals surface area contributed by atoms with E-state index in [1.54, 1.807) is 31.2 Å². The second kappa shape index (κ2) is 10.2. The Hall–Kier alpha value is -2.39. The van der Waals surface area contributed by atoms with Crippen molar-refractivity contribution in [3.05, 3.63) is 34.6 Å². The van der Waals surface area contributed by atoms with Gasteiger partial charge < -0.3 is 10.4 Å². The summed E-state index contributed by atoms with van der Waals surface area (Å²) >= 11 is 1.10. The van der Waals surface area contributed by atoms with E-state index in [1.807, 2.05) is 13.8 Å². The van der Waals surface area contributed by atoms with Crippen molar-refractivity contribution in [3.63, 3.8) is 0 Å². The van der Waals surface area contributed by atoms with Gasteiger partial charge in [0.15, 0.2) is 5.16 Å². The number of carbonyl (C=O) groups excluding carboxylic acids is 2. The van der Waals surface area contributed by atoms with Gasteiger partial charge in [0.05, 0.1) is 16.2 Å². The molecular formula is C19H26N4O4S. The Morgan fingerprint density at radius 2 is 1.96 bits per heavy atom. The molecule has 28 heavy (non-hydrogen) atoms. The topological polar surface area (TPSA) is 113 Å². The Balaban J connectivity index is 2.20. The molecule has 0 saturated heterocycles. The summed E-state index contributed by atoms with van der Waals surface area (Å²) in [6, 6.07) is 6.44. The molecule has 0 aliphatic heterocycles. The standard InChI is InChI=1S/C19H26N4O4S/c1-12(2)11-20-18(27)22-16(25)13(3)28-19-21-15-8-5-4-7-14(15)17(26)23(19)9-6-10-24/h4-5,7-8,12-13,24H,6,9-11H2,1-3H3,(H2,20,22,25,27). The van der Waals surface area contributed by atoms with Crippen molar-refractivity contribution in [2.45, 2.75) is 44.1 Å². The molecule has 1 unspecified atom stereocenters. The van der Waals surface area contributed by atoms with Gasteiger partial charge >= 0.3 is 6.03 Å². The molecule has 8 nitrogen and oxygen atoms in total. The number of rotatable bonds is 8. The number of benzene rings is 1. The average Bonchev–Trinajstić information content (AvgIpc) is 2.66. The van der Waals surface area contributed by atoms with Crippen molar-refractivity contribution in [2.75, 3.05) is 13.2 Å². The summed E-state index contributed by atoms with van der Waals surface area (Å²) in [5.74, 6) is -0.196. The predicted molar refractivity (Wildman–Crippen MR) is 109 cm³/mol. The fourth-order valence-corrected chi connectivity index (χ4v) is 3.36. The molecule has 1 heterocycles. The molecule has 3 N–H and O–H groups in total. The minimum Gasteiger partial charge on any atom is -0.396 e. The van der Waals surface area contributed by atoms with E-state index >= 15 is 0 Å². The number of thioether (sulfide) groups is 1. The lowest BCUT2D eigenvalue weighted by molar-refractivity contribution is -0.119. The summed E-state index contributed by atoms with van der Waals surface area (Å²) < 4.78 is 1.46. The summed E-state index contributed by atoms with van der Waals surface area (Å²) in [6.45, 7) is 6.25. The first kappa shape index (κ1) is 21.9. The number of aliphatic hydroxyl groups excluding tert-OH is 1. The van der Waals surface area contributed by atoms with Gasteiger partial charge in [-0.25, -0.2) is 9.78 Å². The maximum absolute atomic E-state index is 12.8. The second-order valence-electron chi connectivity index (χ2n) is 6.80. The molecule has 1 aromatic carbocycles. The zero-order chi connectivity index (χ0) is 20.7. The Kier molecular flexibility index (Phi) is 8.01. The van der Waals surface area contributed by atoms with Gasteiger partial charge in [0.2, 0.25) is 5.91 Å². The van der Waals surface area contributed by atoms with E-state index < -0.39 is 17.2 Å². The number of aliphatic hydroxyl groups is 1. The monoisotopic (exact) mass is 406 g/mol. The fraction of sp³-hybridized carbons (Fsp3) is 0.474. The Labute approximate surface area is 167 Å². The summed E-state index contributed by atoms with van der Waals surface area (Å²) in [6.07, 6.45) is 0.395. The van der Waals surface area contributed by atoms with Gasteiger partial charge in [-0.15, -0.1) is 0 Å². The average molecular weight is 407 g/mol. The fourth-order valence-electron chi connectivity index (χ4n) is 2.43. The zero-order valence-corrected chi connectivity index (χ0v) is 17.1. The lowest BCUT2D eigenvalue weighted by Crippen LogP contribution is -2.43. The van der Waals surface area contributed by atoms with E-state index in [0.29, 0.717) is 35.6 Å². The number of hydrogen-bond acceptors (Lipinski definition) is 6. The molecular weight excluding hydrogens is 380 g/mol. The van der Waals surface area contributed by atoms with Gasteiger partial charge in [0, 0.05) is 19.7 Å². The highest BCUT2D eigenvalue weighted by molar-refractivity contribution is 8.00. The van der Waals surface area contributed by atoms with Crippen LogP contribution < -0.4 is 16.2 Å². The highest BCUT2D eigenvalue weighted by Gasteiger charge is 2.21. The van der Waals surface area contributed by atoms with E-state index in [2.05, 4.69) is 15.6 Å². The van der Waals surface area contributed by atoms with E-state index in [9.17, 15) is 14.4 Å². The molecule has 0 aliphatic carbocycles. The van der Waals surface area contributed by atoms with Crippen molar-refractivity contribution < 1.29 is 14.7 Å². The third-order valence-electron chi connectivity index (χ3n) is 3.93. The van der Waals surface area contributed by atoms with E-state index in [0.717, 1.165) is 11.8 Å². The van der Waals surface area contributed by atoms with Crippen LogP contribution in [0.25, 0.3) is 10.9 Å². The Morgan fingerprint density at radius 1 is 1.25 bits per heavy atom. The molecule has 3 amide bonds. The number of fused-ring (bicyclic) bond motifs is 1. The minimum absolute atomic E-state index is 0.0601. The Morgan fingerprint density at radius 3 is 2.64 bits per heavy atom. The smallest absolute Gasteiger partial charge is 0.321 e. The van der Waals surface area contributed by atoms with Crippen LogP contribution in [0, 0.1) is 5.92 Å². The molecule has 1 atom stereocenters. The molecule has 0 aliphatic rings. The SMILES string of the molecule is CC(C)CNC(=O)NC(=O)C(C)Sc1nc2ccccc2c(=O)n1CCCO. The normalized spacial score (nSPS) is 12.2. The third kappa shape index (κ3) is 5.80. The van der Waals surface area contributed by atoms with E-state index in [1.165, 1.54) is 4.57 Å². The van der Waals surface area contributed by atoms with Crippen LogP contribution >= 0.6 is 11.8 Å². The van der Waals surface area contributed by atoms with Gasteiger partial charge in [-0.1, -0.05) is 37.7 Å². The van der Waals surface area contributed by atoms with Crippen molar-refractivity contribution in [2.24, 2.45) is 5.92 Å². The maximum atomic E-state index is 12.8. The third-order valence-corrected chi connectivity index (χ3v) is 5.02. The number of hydrogen-bond donors (Lipinski definition) is 3. The molecule has 0 fully saturated rings. The predicted octanol–water partition coefficient (Wildman–Crippen LogP) is 1.74. The number of para-hydroxylation sites is 1. The number of nitrogens with one attached hydrogen (secondary N) is 2. The Bertz CT molecular complexity index is 897. The van der Waals surface area contributed by atoms with Crippen LogP contribution in [0.5, 0.6) is 0 Å². The van der Waals surface area contributed by atoms with Crippen LogP contribution in [0.1, 0.15) is 27.2 Å². The van der Waals surface area contributed by atoms with Gasteiger partial charge in [0.25, 0.3) is 5.56 Å². The van der Waals surface area contributed by atoms with Crippen LogP contribution in [0.2, 0.25) is 0 Å². The highest BCUT2D eigenvalue weighted by Crippen LogP contribution is 2.22. The first-order chi connectivity index (χ1) is 13.3. The molecule has 0 spiro atoms. The molecule has 0 saturated carbocycles. The van der Waals surface area contributed by atoms with Crippen molar-refractivity contribution >= 4 is 34.6 Å². The van der Waals surface area contributed by atoms with Gasteiger partial charge in [-0.05, 0) is 31.4 Å². The largest absolute Gasteiger partial charge is 0.396 e. The number of imide groups is 1. The minimum atomic E-state index is -0.641. The van der Waals surface area contributed by atoms with E-state index in [-0.39, 0.29) is 18.1 Å². The van der Waals surface area contributed by atoms with Crippen LogP contribution in [0.3, 0.4) is 0 Å². The maximum Gasteiger partial charge on any atom is 0.321 e. The molecule has 0 radical (unpaired) electrons. The van der Waals surface area contributed by atoms with Crippen LogP contribution in [0.15, 0.2) is 34.2 Å². The molecule has 2 rings (SSSR count). The summed E-state index contributed by atoms with van der Waals surface area (Å²) in [5, 5.41) is 14.3. The van der Waals surface area contributed by atoms with Crippen molar-refractivity contribution in [1.29, 1.82) is 0 Å². The molecule has 9 heteroatoms. The first-order valence-electron chi connectivity index (χ1n) is 9.19. The highest BCUT2D eigenvalue weighted by atomic mass is 32.2. The summed E-state index contributed by atoms with van der Waals surface area (Å²) in [5.41, 5.74) is 0.321. The lowest BCUT2D eigenvalue weighted by Gasteiger charge is -2.16. The number of aromatic nitrogens is 2. The summed E-state index contributed by atoms with van der Waals surface area (Å²) in [4.78, 5) is 41.4. The zero-order valence-electron chi connectivity index (χ0n) is 16.3. The lowest BCUT2D eigenvalue weighted by atomic mass is 10.2. The second-order valence-corrected chi connectivity index (χ2v) is 8.11. The molecule has 1 aromatic heterocycles. The van der Waals surface area contributed by atoms with Gasteiger partial charge in [-0.2, -0.15) is 0 Å². The number of urea groups is 1. The first-order valence-corrected chi connectivity index (χ1v) is 10.1. The molecule has 2 aromatic rings. The van der Waals surface area contributed by atoms with Crippen molar-refractivity contribution in [1.82, 2.24) is 20.2 Å². The number of amides is 3. The number of carbonyl (C=O) groups is 2. The summed E-state index contributed by atoms with van der Waals surface area (Å²) in [7, 11) is 0. The van der Waals surface area contributed by atoms with Gasteiger partial charge in [-0.3, -0.25) is 19.5 Å². The van der Waals surface area contributed by atoms with E-state index in [4.69, 9.17) is 5.11 Å². The number of nitrogens with zero attached hydrogens (tertiary/aromatic N) is 2. The van der Waals surface area contributed by atoms with Crippen molar-refractivity contribution in [3.8, 4) is 0 Å². The van der Waals surface area contributed by atoms with Gasteiger partial charge in [0.1, 0.15) is 0 Å². The van der Waals surface area contributed by atoms with Crippen LogP contribution in [0.4, 0.5) is 4.79 Å². The molecule has 0 bridgehead atoms. The quantitative estimate of drug-likeness (QED) is 0.455. The molecule has 152 valence electrons.